The summed E-state index contributed by atoms with van der Waals surface area (Å²) in [6.45, 7) is 5.91. The standard InChI is InChI=1S/C18H23N3O3S/c1-14-7-8-18(15(2)12-14)25(23,24)20-10-11-21(16(3)22)13-17-6-4-5-9-19-17/h4-9,12,20H,10-11,13H2,1-3H3. The number of nitrogens with one attached hydrogen (secondary N) is 1. The molecule has 0 saturated heterocycles. The third kappa shape index (κ3) is 5.37. The van der Waals surface area contributed by atoms with Crippen molar-refractivity contribution >= 4 is 15.9 Å². The summed E-state index contributed by atoms with van der Waals surface area (Å²) < 4.78 is 27.5. The minimum absolute atomic E-state index is 0.128. The summed E-state index contributed by atoms with van der Waals surface area (Å²) >= 11 is 0. The molecule has 1 amide bonds. The van der Waals surface area contributed by atoms with E-state index in [9.17, 15) is 13.2 Å². The lowest BCUT2D eigenvalue weighted by Gasteiger charge is -2.21. The van der Waals surface area contributed by atoms with Crippen molar-refractivity contribution in [1.82, 2.24) is 14.6 Å². The second-order valence-electron chi connectivity index (χ2n) is 5.93. The molecule has 1 aromatic heterocycles. The molecular formula is C18H23N3O3S. The van der Waals surface area contributed by atoms with Gasteiger partial charge in [0, 0.05) is 26.2 Å². The quantitative estimate of drug-likeness (QED) is 0.818. The van der Waals surface area contributed by atoms with Gasteiger partial charge in [0.05, 0.1) is 17.1 Å². The van der Waals surface area contributed by atoms with Gasteiger partial charge in [0.15, 0.2) is 0 Å². The first-order valence-electron chi connectivity index (χ1n) is 8.02. The van der Waals surface area contributed by atoms with E-state index in [1.54, 1.807) is 36.2 Å². The summed E-state index contributed by atoms with van der Waals surface area (Å²) in [5, 5.41) is 0. The van der Waals surface area contributed by atoms with Crippen LogP contribution in [0.15, 0.2) is 47.5 Å². The summed E-state index contributed by atoms with van der Waals surface area (Å²) in [7, 11) is -3.61. The Morgan fingerprint density at radius 2 is 1.96 bits per heavy atom. The maximum atomic E-state index is 12.4. The molecule has 0 unspecified atom stereocenters. The fraction of sp³-hybridized carbons (Fsp3) is 0.333. The highest BCUT2D eigenvalue weighted by molar-refractivity contribution is 7.89. The van der Waals surface area contributed by atoms with Crippen molar-refractivity contribution in [3.8, 4) is 0 Å². The SMILES string of the molecule is CC(=O)N(CCNS(=O)(=O)c1ccc(C)cc1C)Cc1ccccn1. The molecule has 0 aliphatic rings. The molecule has 0 saturated carbocycles. The van der Waals surface area contributed by atoms with Crippen LogP contribution in [-0.4, -0.2) is 37.3 Å². The van der Waals surface area contributed by atoms with Crippen LogP contribution in [0.5, 0.6) is 0 Å². The van der Waals surface area contributed by atoms with Crippen molar-refractivity contribution in [2.75, 3.05) is 13.1 Å². The second kappa shape index (κ2) is 8.22. The maximum absolute atomic E-state index is 12.4. The number of hydrogen-bond donors (Lipinski definition) is 1. The number of carbonyl (C=O) groups is 1. The average Bonchev–Trinajstić information content (AvgIpc) is 2.54. The smallest absolute Gasteiger partial charge is 0.240 e. The first-order chi connectivity index (χ1) is 11.8. The highest BCUT2D eigenvalue weighted by Crippen LogP contribution is 2.16. The van der Waals surface area contributed by atoms with Crippen LogP contribution >= 0.6 is 0 Å². The van der Waals surface area contributed by atoms with E-state index < -0.39 is 10.0 Å². The van der Waals surface area contributed by atoms with Crippen molar-refractivity contribution in [3.05, 3.63) is 59.4 Å². The van der Waals surface area contributed by atoms with E-state index >= 15 is 0 Å². The Balaban J connectivity index is 2.00. The van der Waals surface area contributed by atoms with E-state index in [-0.39, 0.29) is 23.9 Å². The third-order valence-corrected chi connectivity index (χ3v) is 5.44. The number of benzene rings is 1. The molecule has 1 heterocycles. The molecule has 1 N–H and O–H groups in total. The molecular weight excluding hydrogens is 338 g/mol. The molecule has 1 aromatic carbocycles. The zero-order chi connectivity index (χ0) is 18.4. The molecule has 2 rings (SSSR count). The molecule has 25 heavy (non-hydrogen) atoms. The van der Waals surface area contributed by atoms with Gasteiger partial charge in [-0.15, -0.1) is 0 Å². The molecule has 2 aromatic rings. The number of rotatable bonds is 7. The number of amides is 1. The van der Waals surface area contributed by atoms with E-state index in [0.29, 0.717) is 12.1 Å². The number of aromatic nitrogens is 1. The van der Waals surface area contributed by atoms with E-state index in [1.807, 2.05) is 25.1 Å². The van der Waals surface area contributed by atoms with Crippen LogP contribution in [0.3, 0.4) is 0 Å². The van der Waals surface area contributed by atoms with Crippen molar-refractivity contribution in [1.29, 1.82) is 0 Å². The lowest BCUT2D eigenvalue weighted by atomic mass is 10.2. The highest BCUT2D eigenvalue weighted by atomic mass is 32.2. The third-order valence-electron chi connectivity index (χ3n) is 3.82. The second-order valence-corrected chi connectivity index (χ2v) is 7.66. The number of carbonyl (C=O) groups excluding carboxylic acids is 1. The van der Waals surface area contributed by atoms with E-state index in [0.717, 1.165) is 11.3 Å². The summed E-state index contributed by atoms with van der Waals surface area (Å²) in [5.74, 6) is -0.128. The Morgan fingerprint density at radius 3 is 2.56 bits per heavy atom. The Hall–Kier alpha value is -2.25. The predicted octanol–water partition coefficient (Wildman–Crippen LogP) is 2.03. The number of aryl methyl sites for hydroxylation is 2. The number of nitrogens with zero attached hydrogens (tertiary/aromatic N) is 2. The maximum Gasteiger partial charge on any atom is 0.240 e. The first-order valence-corrected chi connectivity index (χ1v) is 9.50. The van der Waals surface area contributed by atoms with Crippen molar-refractivity contribution in [3.63, 3.8) is 0 Å². The van der Waals surface area contributed by atoms with E-state index in [4.69, 9.17) is 0 Å². The zero-order valence-electron chi connectivity index (χ0n) is 14.7. The molecule has 6 nitrogen and oxygen atoms in total. The van der Waals surface area contributed by atoms with Crippen LogP contribution < -0.4 is 4.72 Å². The molecule has 134 valence electrons. The summed E-state index contributed by atoms with van der Waals surface area (Å²) in [5.41, 5.74) is 2.47. The van der Waals surface area contributed by atoms with Gasteiger partial charge in [0.2, 0.25) is 15.9 Å². The van der Waals surface area contributed by atoms with Gasteiger partial charge in [-0.25, -0.2) is 13.1 Å². The fourth-order valence-corrected chi connectivity index (χ4v) is 3.77. The molecule has 0 bridgehead atoms. The Kier molecular flexibility index (Phi) is 6.27. The van der Waals surface area contributed by atoms with Crippen LogP contribution in [-0.2, 0) is 21.4 Å². The lowest BCUT2D eigenvalue weighted by molar-refractivity contribution is -0.129. The molecule has 0 fully saturated rings. The average molecular weight is 361 g/mol. The Morgan fingerprint density at radius 1 is 1.20 bits per heavy atom. The molecule has 0 spiro atoms. The van der Waals surface area contributed by atoms with Crippen molar-refractivity contribution in [2.45, 2.75) is 32.2 Å². The van der Waals surface area contributed by atoms with Gasteiger partial charge in [-0.1, -0.05) is 23.8 Å². The van der Waals surface area contributed by atoms with Gasteiger partial charge < -0.3 is 4.90 Å². The molecule has 0 aliphatic heterocycles. The zero-order valence-corrected chi connectivity index (χ0v) is 15.5. The van der Waals surface area contributed by atoms with E-state index in [2.05, 4.69) is 9.71 Å². The Labute approximate surface area is 148 Å². The topological polar surface area (TPSA) is 79.4 Å². The van der Waals surface area contributed by atoms with Crippen LogP contribution in [0.25, 0.3) is 0 Å². The molecule has 0 radical (unpaired) electrons. The molecule has 0 aliphatic carbocycles. The normalized spacial score (nSPS) is 11.3. The predicted molar refractivity (Wildman–Crippen MR) is 96.4 cm³/mol. The minimum atomic E-state index is -3.61. The first kappa shape index (κ1) is 19.1. The van der Waals surface area contributed by atoms with Crippen molar-refractivity contribution in [2.24, 2.45) is 0 Å². The van der Waals surface area contributed by atoms with Crippen LogP contribution in [0.4, 0.5) is 0 Å². The van der Waals surface area contributed by atoms with Gasteiger partial charge in [0.25, 0.3) is 0 Å². The highest BCUT2D eigenvalue weighted by Gasteiger charge is 2.17. The van der Waals surface area contributed by atoms with Gasteiger partial charge in [0.1, 0.15) is 0 Å². The van der Waals surface area contributed by atoms with Crippen molar-refractivity contribution < 1.29 is 13.2 Å². The lowest BCUT2D eigenvalue weighted by Crippen LogP contribution is -2.37. The van der Waals surface area contributed by atoms with Crippen LogP contribution in [0.1, 0.15) is 23.7 Å². The number of hydrogen-bond acceptors (Lipinski definition) is 4. The summed E-state index contributed by atoms with van der Waals surface area (Å²) in [6.07, 6.45) is 1.66. The minimum Gasteiger partial charge on any atom is -0.336 e. The van der Waals surface area contributed by atoms with Gasteiger partial charge >= 0.3 is 0 Å². The fourth-order valence-electron chi connectivity index (χ4n) is 2.53. The van der Waals surface area contributed by atoms with Gasteiger partial charge in [-0.05, 0) is 37.6 Å². The van der Waals surface area contributed by atoms with E-state index in [1.165, 1.54) is 6.92 Å². The van der Waals surface area contributed by atoms with Gasteiger partial charge in [-0.2, -0.15) is 0 Å². The molecule has 0 atom stereocenters. The van der Waals surface area contributed by atoms with Gasteiger partial charge in [-0.3, -0.25) is 9.78 Å². The monoisotopic (exact) mass is 361 g/mol. The number of sulfonamides is 1. The largest absolute Gasteiger partial charge is 0.336 e. The van der Waals surface area contributed by atoms with Crippen LogP contribution in [0.2, 0.25) is 0 Å². The van der Waals surface area contributed by atoms with Crippen LogP contribution in [0, 0.1) is 13.8 Å². The Bertz CT molecular complexity index is 836. The number of pyridine rings is 1. The summed E-state index contributed by atoms with van der Waals surface area (Å²) in [4.78, 5) is 17.8. The summed E-state index contributed by atoms with van der Waals surface area (Å²) in [6, 6.07) is 10.7. The molecule has 7 heteroatoms.